The minimum absolute atomic E-state index is 0.119. The SMILES string of the molecule is Cc1nn(C)c(C)c1CN(C(=O)c1ccc(C(F)(F)F)nc1)C1CC1. The third kappa shape index (κ3) is 3.52. The number of hydrogen-bond donors (Lipinski definition) is 0. The van der Waals surface area contributed by atoms with Gasteiger partial charge in [0.05, 0.1) is 11.3 Å². The van der Waals surface area contributed by atoms with Crippen LogP contribution in [0.5, 0.6) is 0 Å². The van der Waals surface area contributed by atoms with E-state index in [0.717, 1.165) is 42.1 Å². The van der Waals surface area contributed by atoms with Gasteiger partial charge < -0.3 is 4.90 Å². The Morgan fingerprint density at radius 1 is 1.32 bits per heavy atom. The van der Waals surface area contributed by atoms with Crippen LogP contribution in [0, 0.1) is 13.8 Å². The molecule has 0 aromatic carbocycles. The molecule has 2 heterocycles. The van der Waals surface area contributed by atoms with Crippen molar-refractivity contribution in [3.8, 4) is 0 Å². The Morgan fingerprint density at radius 3 is 2.44 bits per heavy atom. The standard InChI is InChI=1S/C17H19F3N4O/c1-10-14(11(2)23(3)22-10)9-24(13-5-6-13)16(25)12-4-7-15(21-8-12)17(18,19)20/h4,7-8,13H,5-6,9H2,1-3H3. The molecule has 0 atom stereocenters. The van der Waals surface area contributed by atoms with Crippen molar-refractivity contribution in [1.82, 2.24) is 19.7 Å². The van der Waals surface area contributed by atoms with Crippen LogP contribution < -0.4 is 0 Å². The zero-order valence-corrected chi connectivity index (χ0v) is 14.3. The summed E-state index contributed by atoms with van der Waals surface area (Å²) in [7, 11) is 1.84. The molecule has 8 heteroatoms. The molecule has 0 radical (unpaired) electrons. The van der Waals surface area contributed by atoms with Crippen LogP contribution in [-0.4, -0.2) is 31.6 Å². The van der Waals surface area contributed by atoms with Crippen LogP contribution in [0.2, 0.25) is 0 Å². The van der Waals surface area contributed by atoms with Crippen molar-refractivity contribution in [2.24, 2.45) is 7.05 Å². The van der Waals surface area contributed by atoms with Crippen molar-refractivity contribution in [3.63, 3.8) is 0 Å². The highest BCUT2D eigenvalue weighted by molar-refractivity contribution is 5.94. The predicted octanol–water partition coefficient (Wildman–Crippen LogP) is 3.26. The van der Waals surface area contributed by atoms with Gasteiger partial charge in [-0.2, -0.15) is 18.3 Å². The second-order valence-electron chi connectivity index (χ2n) is 6.37. The third-order valence-corrected chi connectivity index (χ3v) is 4.54. The molecule has 1 aliphatic carbocycles. The van der Waals surface area contributed by atoms with Crippen LogP contribution in [0.15, 0.2) is 18.3 Å². The largest absolute Gasteiger partial charge is 0.433 e. The molecule has 1 amide bonds. The second-order valence-corrected chi connectivity index (χ2v) is 6.37. The second kappa shape index (κ2) is 6.16. The summed E-state index contributed by atoms with van der Waals surface area (Å²) in [5.74, 6) is -0.300. The third-order valence-electron chi connectivity index (χ3n) is 4.54. The Hall–Kier alpha value is -2.38. The van der Waals surface area contributed by atoms with Gasteiger partial charge in [-0.15, -0.1) is 0 Å². The maximum absolute atomic E-state index is 12.8. The van der Waals surface area contributed by atoms with E-state index in [1.54, 1.807) is 9.58 Å². The van der Waals surface area contributed by atoms with E-state index in [0.29, 0.717) is 6.54 Å². The molecule has 5 nitrogen and oxygen atoms in total. The molecule has 25 heavy (non-hydrogen) atoms. The van der Waals surface area contributed by atoms with Crippen LogP contribution in [-0.2, 0) is 19.8 Å². The number of aromatic nitrogens is 3. The van der Waals surface area contributed by atoms with Crippen molar-refractivity contribution >= 4 is 5.91 Å². The fourth-order valence-electron chi connectivity index (χ4n) is 2.82. The Bertz CT molecular complexity index is 791. The van der Waals surface area contributed by atoms with Gasteiger partial charge in [0.15, 0.2) is 0 Å². The molecule has 1 fully saturated rings. The normalized spacial score (nSPS) is 14.6. The summed E-state index contributed by atoms with van der Waals surface area (Å²) in [5, 5.41) is 4.36. The number of carbonyl (C=O) groups is 1. The molecule has 3 rings (SSSR count). The topological polar surface area (TPSA) is 51.0 Å². The minimum atomic E-state index is -4.51. The molecule has 0 N–H and O–H groups in total. The van der Waals surface area contributed by atoms with Gasteiger partial charge in [0.1, 0.15) is 5.69 Å². The Balaban J connectivity index is 1.84. The summed E-state index contributed by atoms with van der Waals surface area (Å²) in [5.41, 5.74) is 1.97. The Kier molecular flexibility index (Phi) is 4.30. The van der Waals surface area contributed by atoms with E-state index in [4.69, 9.17) is 0 Å². The van der Waals surface area contributed by atoms with Crippen molar-refractivity contribution in [1.29, 1.82) is 0 Å². The molecule has 0 spiro atoms. The first-order valence-corrected chi connectivity index (χ1v) is 8.01. The fourth-order valence-corrected chi connectivity index (χ4v) is 2.82. The lowest BCUT2D eigenvalue weighted by Crippen LogP contribution is -2.33. The van der Waals surface area contributed by atoms with E-state index in [1.807, 2.05) is 20.9 Å². The zero-order chi connectivity index (χ0) is 18.4. The van der Waals surface area contributed by atoms with Gasteiger partial charge in [-0.05, 0) is 38.8 Å². The molecule has 2 aromatic heterocycles. The van der Waals surface area contributed by atoms with Gasteiger partial charge in [-0.1, -0.05) is 0 Å². The number of rotatable bonds is 4. The van der Waals surface area contributed by atoms with E-state index in [9.17, 15) is 18.0 Å². The van der Waals surface area contributed by atoms with E-state index in [1.165, 1.54) is 6.07 Å². The predicted molar refractivity (Wildman–Crippen MR) is 84.8 cm³/mol. The van der Waals surface area contributed by atoms with E-state index < -0.39 is 11.9 Å². The van der Waals surface area contributed by atoms with Crippen LogP contribution in [0.1, 0.15) is 45.8 Å². The molecule has 1 aliphatic rings. The number of halogens is 3. The smallest absolute Gasteiger partial charge is 0.331 e. The molecule has 134 valence electrons. The average Bonchev–Trinajstić information content (AvgIpc) is 3.35. The molecule has 0 bridgehead atoms. The number of alkyl halides is 3. The minimum Gasteiger partial charge on any atom is -0.331 e. The number of aryl methyl sites for hydroxylation is 2. The van der Waals surface area contributed by atoms with E-state index >= 15 is 0 Å². The molecule has 0 unspecified atom stereocenters. The van der Waals surface area contributed by atoms with E-state index in [-0.39, 0.29) is 17.5 Å². The lowest BCUT2D eigenvalue weighted by Gasteiger charge is -2.23. The van der Waals surface area contributed by atoms with Gasteiger partial charge in [0, 0.05) is 37.1 Å². The first-order valence-electron chi connectivity index (χ1n) is 8.01. The number of carbonyl (C=O) groups excluding carboxylic acids is 1. The highest BCUT2D eigenvalue weighted by Crippen LogP contribution is 2.32. The molecule has 0 saturated heterocycles. The summed E-state index contributed by atoms with van der Waals surface area (Å²) in [6, 6.07) is 2.16. The first-order chi connectivity index (χ1) is 11.7. The Morgan fingerprint density at radius 2 is 2.00 bits per heavy atom. The molecule has 0 aliphatic heterocycles. The van der Waals surface area contributed by atoms with E-state index in [2.05, 4.69) is 10.1 Å². The van der Waals surface area contributed by atoms with Crippen molar-refractivity contribution < 1.29 is 18.0 Å². The van der Waals surface area contributed by atoms with Crippen molar-refractivity contribution in [2.75, 3.05) is 0 Å². The summed E-state index contributed by atoms with van der Waals surface area (Å²) in [6.45, 7) is 4.22. The lowest BCUT2D eigenvalue weighted by molar-refractivity contribution is -0.141. The average molecular weight is 352 g/mol. The maximum atomic E-state index is 12.8. The van der Waals surface area contributed by atoms with Crippen LogP contribution in [0.3, 0.4) is 0 Å². The van der Waals surface area contributed by atoms with Crippen LogP contribution in [0.25, 0.3) is 0 Å². The monoisotopic (exact) mass is 352 g/mol. The van der Waals surface area contributed by atoms with Crippen LogP contribution in [0.4, 0.5) is 13.2 Å². The summed E-state index contributed by atoms with van der Waals surface area (Å²) in [6.07, 6.45) is -1.71. The summed E-state index contributed by atoms with van der Waals surface area (Å²) in [4.78, 5) is 17.9. The quantitative estimate of drug-likeness (QED) is 0.849. The number of hydrogen-bond acceptors (Lipinski definition) is 3. The van der Waals surface area contributed by atoms with Crippen molar-refractivity contribution in [2.45, 2.75) is 45.5 Å². The summed E-state index contributed by atoms with van der Waals surface area (Å²) >= 11 is 0. The van der Waals surface area contributed by atoms with Gasteiger partial charge in [0.2, 0.25) is 0 Å². The number of amides is 1. The highest BCUT2D eigenvalue weighted by Gasteiger charge is 2.35. The number of nitrogens with zero attached hydrogens (tertiary/aromatic N) is 4. The maximum Gasteiger partial charge on any atom is 0.433 e. The van der Waals surface area contributed by atoms with Crippen molar-refractivity contribution in [3.05, 3.63) is 46.5 Å². The first kappa shape index (κ1) is 17.4. The van der Waals surface area contributed by atoms with Gasteiger partial charge in [0.25, 0.3) is 5.91 Å². The lowest BCUT2D eigenvalue weighted by atomic mass is 10.1. The van der Waals surface area contributed by atoms with Gasteiger partial charge in [-0.3, -0.25) is 14.5 Å². The molecular weight excluding hydrogens is 333 g/mol. The zero-order valence-electron chi connectivity index (χ0n) is 14.3. The van der Waals surface area contributed by atoms with Gasteiger partial charge >= 0.3 is 6.18 Å². The summed E-state index contributed by atoms with van der Waals surface area (Å²) < 4.78 is 39.7. The molecular formula is C17H19F3N4O. The Labute approximate surface area is 143 Å². The number of pyridine rings is 1. The highest BCUT2D eigenvalue weighted by atomic mass is 19.4. The van der Waals surface area contributed by atoms with Gasteiger partial charge in [-0.25, -0.2) is 0 Å². The molecule has 2 aromatic rings. The van der Waals surface area contributed by atoms with Crippen LogP contribution >= 0.6 is 0 Å². The fraction of sp³-hybridized carbons (Fsp3) is 0.471. The molecule has 1 saturated carbocycles.